The lowest BCUT2D eigenvalue weighted by molar-refractivity contribution is 0.0511. The van der Waals surface area contributed by atoms with Gasteiger partial charge in [0.05, 0.1) is 18.8 Å². The van der Waals surface area contributed by atoms with Crippen LogP contribution in [0, 0.1) is 6.92 Å². The Kier molecular flexibility index (Phi) is 6.39. The third kappa shape index (κ3) is 3.76. The zero-order valence-electron chi connectivity index (χ0n) is 15.3. The highest BCUT2D eigenvalue weighted by Gasteiger charge is 2.30. The molecule has 25 heavy (non-hydrogen) atoms. The molecule has 5 nitrogen and oxygen atoms in total. The van der Waals surface area contributed by atoms with Gasteiger partial charge in [-0.2, -0.15) is 0 Å². The van der Waals surface area contributed by atoms with Crippen LogP contribution >= 0.6 is 0 Å². The van der Waals surface area contributed by atoms with Gasteiger partial charge in [-0.1, -0.05) is 37.3 Å². The number of ether oxygens (including phenoxy) is 2. The molecule has 0 spiro atoms. The van der Waals surface area contributed by atoms with Crippen molar-refractivity contribution in [1.29, 1.82) is 0 Å². The van der Waals surface area contributed by atoms with E-state index in [0.717, 1.165) is 17.7 Å². The molecule has 0 N–H and O–H groups in total. The minimum absolute atomic E-state index is 0.276. The Morgan fingerprint density at radius 2 is 1.56 bits per heavy atom. The van der Waals surface area contributed by atoms with E-state index in [9.17, 15) is 9.59 Å². The SMILES string of the molecule is CCCn1c(C)c(C(=O)OCC)c(-c2ccccc2)c1C(=O)OCC. The van der Waals surface area contributed by atoms with Crippen LogP contribution in [0.1, 0.15) is 53.7 Å². The molecule has 0 radical (unpaired) electrons. The molecule has 5 heteroatoms. The standard InChI is InChI=1S/C20H25NO4/c1-5-13-21-14(4)16(19(22)24-6-2)17(15-11-9-8-10-12-15)18(21)20(23)25-7-3/h8-12H,5-7,13H2,1-4H3. The van der Waals surface area contributed by atoms with Crippen LogP contribution in [0.15, 0.2) is 30.3 Å². The van der Waals surface area contributed by atoms with Gasteiger partial charge in [0.25, 0.3) is 0 Å². The Morgan fingerprint density at radius 3 is 2.12 bits per heavy atom. The second kappa shape index (κ2) is 8.51. The highest BCUT2D eigenvalue weighted by atomic mass is 16.5. The Bertz CT molecular complexity index is 747. The minimum atomic E-state index is -0.423. The molecule has 1 aromatic heterocycles. The van der Waals surface area contributed by atoms with Gasteiger partial charge in [-0.3, -0.25) is 0 Å². The van der Waals surface area contributed by atoms with Gasteiger partial charge in [-0.25, -0.2) is 9.59 Å². The summed E-state index contributed by atoms with van der Waals surface area (Å²) in [5, 5.41) is 0. The third-order valence-corrected chi connectivity index (χ3v) is 3.98. The number of hydrogen-bond donors (Lipinski definition) is 0. The average Bonchev–Trinajstić information content (AvgIpc) is 2.89. The monoisotopic (exact) mass is 343 g/mol. The van der Waals surface area contributed by atoms with Crippen LogP contribution in [0.3, 0.4) is 0 Å². The number of carbonyl (C=O) groups excluding carboxylic acids is 2. The van der Waals surface area contributed by atoms with Crippen molar-refractivity contribution in [2.75, 3.05) is 13.2 Å². The van der Waals surface area contributed by atoms with Crippen LogP contribution in [-0.2, 0) is 16.0 Å². The largest absolute Gasteiger partial charge is 0.462 e. The Hall–Kier alpha value is -2.56. The molecule has 0 amide bonds. The molecule has 0 fully saturated rings. The second-order valence-electron chi connectivity index (χ2n) is 5.64. The summed E-state index contributed by atoms with van der Waals surface area (Å²) in [6, 6.07) is 9.43. The summed E-state index contributed by atoms with van der Waals surface area (Å²) in [4.78, 5) is 25.3. The summed E-state index contributed by atoms with van der Waals surface area (Å²) < 4.78 is 12.4. The molecule has 0 unspecified atom stereocenters. The van der Waals surface area contributed by atoms with Crippen molar-refractivity contribution in [2.24, 2.45) is 0 Å². The normalized spacial score (nSPS) is 10.6. The zero-order valence-corrected chi connectivity index (χ0v) is 15.3. The summed E-state index contributed by atoms with van der Waals surface area (Å²) in [6.07, 6.45) is 0.832. The molecule has 0 aliphatic rings. The van der Waals surface area contributed by atoms with E-state index in [-0.39, 0.29) is 13.2 Å². The molecule has 134 valence electrons. The highest BCUT2D eigenvalue weighted by Crippen LogP contribution is 2.34. The molecule has 0 saturated carbocycles. The lowest BCUT2D eigenvalue weighted by Crippen LogP contribution is -2.14. The van der Waals surface area contributed by atoms with Crippen LogP contribution in [0.2, 0.25) is 0 Å². The Balaban J connectivity index is 2.80. The molecular formula is C20H25NO4. The van der Waals surface area contributed by atoms with Crippen molar-refractivity contribution in [3.8, 4) is 11.1 Å². The fraction of sp³-hybridized carbons (Fsp3) is 0.400. The summed E-state index contributed by atoms with van der Waals surface area (Å²) in [5.74, 6) is -0.840. The molecule has 0 aliphatic carbocycles. The molecule has 1 heterocycles. The third-order valence-electron chi connectivity index (χ3n) is 3.98. The first-order valence-corrected chi connectivity index (χ1v) is 8.69. The van der Waals surface area contributed by atoms with E-state index in [4.69, 9.17) is 9.47 Å². The van der Waals surface area contributed by atoms with Gasteiger partial charge in [0.2, 0.25) is 0 Å². The first kappa shape index (κ1) is 18.8. The molecule has 0 aliphatic heterocycles. The Labute approximate surface area is 148 Å². The topological polar surface area (TPSA) is 57.5 Å². The lowest BCUT2D eigenvalue weighted by Gasteiger charge is -2.11. The van der Waals surface area contributed by atoms with E-state index >= 15 is 0 Å². The predicted molar refractivity (Wildman–Crippen MR) is 96.8 cm³/mol. The van der Waals surface area contributed by atoms with Crippen molar-refractivity contribution >= 4 is 11.9 Å². The van der Waals surface area contributed by atoms with Crippen molar-refractivity contribution in [1.82, 2.24) is 4.57 Å². The molecule has 2 aromatic rings. The highest BCUT2D eigenvalue weighted by molar-refractivity contribution is 6.06. The maximum Gasteiger partial charge on any atom is 0.355 e. The van der Waals surface area contributed by atoms with Gasteiger partial charge in [0.1, 0.15) is 5.69 Å². The van der Waals surface area contributed by atoms with E-state index < -0.39 is 11.9 Å². The van der Waals surface area contributed by atoms with Gasteiger partial charge in [0, 0.05) is 17.8 Å². The molecule has 1 aromatic carbocycles. The maximum atomic E-state index is 12.7. The van der Waals surface area contributed by atoms with E-state index in [2.05, 4.69) is 0 Å². The fourth-order valence-corrected chi connectivity index (χ4v) is 2.99. The molecule has 0 atom stereocenters. The number of hydrogen-bond acceptors (Lipinski definition) is 4. The van der Waals surface area contributed by atoms with Crippen LogP contribution in [0.5, 0.6) is 0 Å². The maximum absolute atomic E-state index is 12.7. The molecule has 0 bridgehead atoms. The summed E-state index contributed by atoms with van der Waals surface area (Å²) >= 11 is 0. The number of aromatic nitrogens is 1. The number of rotatable bonds is 7. The van der Waals surface area contributed by atoms with Crippen molar-refractivity contribution < 1.29 is 19.1 Å². The van der Waals surface area contributed by atoms with Crippen LogP contribution < -0.4 is 0 Å². The fourth-order valence-electron chi connectivity index (χ4n) is 2.99. The molecule has 2 rings (SSSR count). The summed E-state index contributed by atoms with van der Waals surface area (Å²) in [6.45, 7) is 8.59. The van der Waals surface area contributed by atoms with Crippen LogP contribution in [0.25, 0.3) is 11.1 Å². The van der Waals surface area contributed by atoms with Crippen LogP contribution in [-0.4, -0.2) is 29.7 Å². The first-order valence-electron chi connectivity index (χ1n) is 8.69. The minimum Gasteiger partial charge on any atom is -0.462 e. The van der Waals surface area contributed by atoms with Crippen molar-refractivity contribution in [3.05, 3.63) is 47.3 Å². The number of carbonyl (C=O) groups is 2. The van der Waals surface area contributed by atoms with E-state index in [1.807, 2.05) is 48.7 Å². The number of esters is 2. The van der Waals surface area contributed by atoms with Gasteiger partial charge < -0.3 is 14.0 Å². The van der Waals surface area contributed by atoms with E-state index in [1.165, 1.54) is 0 Å². The smallest absolute Gasteiger partial charge is 0.355 e. The predicted octanol–water partition coefficient (Wildman–Crippen LogP) is 4.23. The summed E-state index contributed by atoms with van der Waals surface area (Å²) in [5.41, 5.74) is 2.96. The van der Waals surface area contributed by atoms with Gasteiger partial charge >= 0.3 is 11.9 Å². The average molecular weight is 343 g/mol. The zero-order chi connectivity index (χ0) is 18.4. The van der Waals surface area contributed by atoms with Crippen LogP contribution in [0.4, 0.5) is 0 Å². The van der Waals surface area contributed by atoms with Gasteiger partial charge in [-0.05, 0) is 32.8 Å². The van der Waals surface area contributed by atoms with E-state index in [1.54, 1.807) is 13.8 Å². The molecular weight excluding hydrogens is 318 g/mol. The van der Waals surface area contributed by atoms with E-state index in [0.29, 0.717) is 23.4 Å². The molecule has 0 saturated heterocycles. The second-order valence-corrected chi connectivity index (χ2v) is 5.64. The quantitative estimate of drug-likeness (QED) is 0.706. The van der Waals surface area contributed by atoms with Gasteiger partial charge in [0.15, 0.2) is 0 Å². The van der Waals surface area contributed by atoms with Crippen molar-refractivity contribution in [2.45, 2.75) is 40.7 Å². The first-order chi connectivity index (χ1) is 12.1. The number of benzene rings is 1. The lowest BCUT2D eigenvalue weighted by atomic mass is 10.00. The number of nitrogens with zero attached hydrogens (tertiary/aromatic N) is 1. The Morgan fingerprint density at radius 1 is 0.960 bits per heavy atom. The van der Waals surface area contributed by atoms with Crippen molar-refractivity contribution in [3.63, 3.8) is 0 Å². The summed E-state index contributed by atoms with van der Waals surface area (Å²) in [7, 11) is 0. The van der Waals surface area contributed by atoms with Gasteiger partial charge in [-0.15, -0.1) is 0 Å².